The third-order valence-corrected chi connectivity index (χ3v) is 7.86. The molecule has 1 N–H and O–H groups in total. The zero-order valence-electron chi connectivity index (χ0n) is 24.1. The first-order valence-electron chi connectivity index (χ1n) is 14.1. The number of imidazole rings is 1. The number of para-hydroxylation sites is 1. The van der Waals surface area contributed by atoms with Crippen LogP contribution in [0.2, 0.25) is 0 Å². The number of aryl methyl sites for hydroxylation is 3. The summed E-state index contributed by atoms with van der Waals surface area (Å²) in [6.07, 6.45) is 6.23. The van der Waals surface area contributed by atoms with Crippen molar-refractivity contribution in [1.29, 1.82) is 0 Å². The number of nitrogens with one attached hydrogen (secondary N) is 1. The van der Waals surface area contributed by atoms with E-state index in [9.17, 15) is 9.59 Å². The number of hydrogen-bond acceptors (Lipinski definition) is 4. The van der Waals surface area contributed by atoms with Gasteiger partial charge in [0, 0.05) is 53.8 Å². The van der Waals surface area contributed by atoms with Gasteiger partial charge in [-0.1, -0.05) is 18.2 Å². The molecule has 1 aliphatic rings. The van der Waals surface area contributed by atoms with Gasteiger partial charge in [0.1, 0.15) is 11.4 Å². The number of carbonyl (C=O) groups excluding carboxylic acids is 2. The predicted molar refractivity (Wildman–Crippen MR) is 161 cm³/mol. The second-order valence-electron chi connectivity index (χ2n) is 10.6. The van der Waals surface area contributed by atoms with Crippen molar-refractivity contribution in [3.63, 3.8) is 0 Å². The van der Waals surface area contributed by atoms with Crippen molar-refractivity contribution in [2.45, 2.75) is 39.9 Å². The number of ether oxygens (including phenoxy) is 1. The summed E-state index contributed by atoms with van der Waals surface area (Å²) in [7, 11) is 1.62. The topological polar surface area (TPSA) is 86.3 Å². The highest BCUT2D eigenvalue weighted by atomic mass is 16.5. The highest BCUT2D eigenvalue weighted by Crippen LogP contribution is 2.32. The van der Waals surface area contributed by atoms with Gasteiger partial charge in [-0.05, 0) is 74.4 Å². The Morgan fingerprint density at radius 3 is 2.52 bits per heavy atom. The fourth-order valence-electron chi connectivity index (χ4n) is 5.71. The van der Waals surface area contributed by atoms with Crippen LogP contribution in [0.15, 0.2) is 85.5 Å². The van der Waals surface area contributed by atoms with Crippen molar-refractivity contribution in [2.75, 3.05) is 18.6 Å². The summed E-state index contributed by atoms with van der Waals surface area (Å²) in [5.41, 5.74) is 6.87. The first-order chi connectivity index (χ1) is 20.4. The van der Waals surface area contributed by atoms with Gasteiger partial charge in [0.15, 0.2) is 0 Å². The van der Waals surface area contributed by atoms with Crippen LogP contribution < -0.4 is 15.0 Å². The summed E-state index contributed by atoms with van der Waals surface area (Å²) >= 11 is 0. The molecule has 0 aliphatic carbocycles. The van der Waals surface area contributed by atoms with Crippen LogP contribution >= 0.6 is 0 Å². The Hall–Kier alpha value is -5.05. The van der Waals surface area contributed by atoms with Gasteiger partial charge in [-0.15, -0.1) is 0 Å². The zero-order chi connectivity index (χ0) is 29.2. The molecule has 0 saturated heterocycles. The normalized spacial score (nSPS) is 12.4. The SMILES string of the molecule is COc1cc(C(=O)N2Cc3ccc(C(=O)NCCCn4ccnc4)n3Cc3ccccc32)ccc1-n1c(C)ccc1C. The third kappa shape index (κ3) is 5.09. The maximum atomic E-state index is 14.1. The number of aromatic nitrogens is 4. The molecule has 0 bridgehead atoms. The third-order valence-electron chi connectivity index (χ3n) is 7.86. The minimum Gasteiger partial charge on any atom is -0.495 e. The van der Waals surface area contributed by atoms with Crippen molar-refractivity contribution < 1.29 is 14.3 Å². The molecule has 9 nitrogen and oxygen atoms in total. The molecule has 42 heavy (non-hydrogen) atoms. The summed E-state index contributed by atoms with van der Waals surface area (Å²) in [4.78, 5) is 33.2. The number of fused-ring (bicyclic) bond motifs is 2. The maximum absolute atomic E-state index is 14.1. The molecule has 0 spiro atoms. The van der Waals surface area contributed by atoms with Gasteiger partial charge >= 0.3 is 0 Å². The lowest BCUT2D eigenvalue weighted by Crippen LogP contribution is -2.31. The van der Waals surface area contributed by atoms with Gasteiger partial charge in [0.2, 0.25) is 0 Å². The Kier molecular flexibility index (Phi) is 7.39. The van der Waals surface area contributed by atoms with Crippen LogP contribution in [0.3, 0.4) is 0 Å². The van der Waals surface area contributed by atoms with Gasteiger partial charge in [0.05, 0.1) is 32.2 Å². The number of nitrogens with zero attached hydrogens (tertiary/aromatic N) is 5. The molecular weight excluding hydrogens is 528 g/mol. The first kappa shape index (κ1) is 27.1. The Balaban J connectivity index is 1.26. The molecule has 0 atom stereocenters. The van der Waals surface area contributed by atoms with Crippen molar-refractivity contribution in [2.24, 2.45) is 0 Å². The van der Waals surface area contributed by atoms with Gasteiger partial charge < -0.3 is 28.7 Å². The summed E-state index contributed by atoms with van der Waals surface area (Å²) < 4.78 is 11.9. The smallest absolute Gasteiger partial charge is 0.267 e. The molecule has 9 heteroatoms. The number of amides is 2. The minimum absolute atomic E-state index is 0.125. The fraction of sp³-hybridized carbons (Fsp3) is 0.242. The average molecular weight is 563 g/mol. The average Bonchev–Trinajstić information content (AvgIpc) is 3.72. The van der Waals surface area contributed by atoms with E-state index in [0.717, 1.165) is 47.0 Å². The van der Waals surface area contributed by atoms with Gasteiger partial charge in [-0.25, -0.2) is 4.98 Å². The van der Waals surface area contributed by atoms with E-state index in [0.29, 0.717) is 36.6 Å². The van der Waals surface area contributed by atoms with Crippen LogP contribution in [0.5, 0.6) is 5.75 Å². The molecule has 2 amide bonds. The van der Waals surface area contributed by atoms with Gasteiger partial charge in [0.25, 0.3) is 11.8 Å². The molecular formula is C33H34N6O3. The molecule has 0 saturated carbocycles. The number of anilines is 1. The molecule has 2 aromatic carbocycles. The van der Waals surface area contributed by atoms with Crippen molar-refractivity contribution >= 4 is 17.5 Å². The van der Waals surface area contributed by atoms with E-state index in [4.69, 9.17) is 4.74 Å². The van der Waals surface area contributed by atoms with E-state index in [-0.39, 0.29) is 11.8 Å². The van der Waals surface area contributed by atoms with Crippen LogP contribution in [0.1, 0.15) is 49.9 Å². The highest BCUT2D eigenvalue weighted by molar-refractivity contribution is 6.07. The maximum Gasteiger partial charge on any atom is 0.267 e. The number of hydrogen-bond donors (Lipinski definition) is 1. The predicted octanol–water partition coefficient (Wildman–Crippen LogP) is 5.13. The summed E-state index contributed by atoms with van der Waals surface area (Å²) in [5.74, 6) is 0.371. The quantitative estimate of drug-likeness (QED) is 0.266. The van der Waals surface area contributed by atoms with Crippen LogP contribution in [0.25, 0.3) is 5.69 Å². The number of rotatable bonds is 8. The lowest BCUT2D eigenvalue weighted by atomic mass is 10.1. The molecule has 6 rings (SSSR count). The van der Waals surface area contributed by atoms with E-state index in [2.05, 4.69) is 27.0 Å². The Morgan fingerprint density at radius 2 is 1.76 bits per heavy atom. The van der Waals surface area contributed by atoms with E-state index in [1.165, 1.54) is 0 Å². The van der Waals surface area contributed by atoms with Gasteiger partial charge in [-0.3, -0.25) is 9.59 Å². The molecule has 214 valence electrons. The van der Waals surface area contributed by atoms with E-state index >= 15 is 0 Å². The molecule has 0 fully saturated rings. The zero-order valence-corrected chi connectivity index (χ0v) is 24.1. The van der Waals surface area contributed by atoms with Crippen molar-refractivity contribution in [1.82, 2.24) is 24.0 Å². The summed E-state index contributed by atoms with van der Waals surface area (Å²) in [6.45, 7) is 6.26. The number of carbonyl (C=O) groups is 2. The fourth-order valence-corrected chi connectivity index (χ4v) is 5.71. The Bertz CT molecular complexity index is 1730. The number of methoxy groups -OCH3 is 1. The molecule has 1 aliphatic heterocycles. The highest BCUT2D eigenvalue weighted by Gasteiger charge is 2.28. The van der Waals surface area contributed by atoms with E-state index < -0.39 is 0 Å². The Labute approximate surface area is 245 Å². The first-order valence-corrected chi connectivity index (χ1v) is 14.1. The van der Waals surface area contributed by atoms with Crippen LogP contribution in [-0.2, 0) is 19.6 Å². The summed E-state index contributed by atoms with van der Waals surface area (Å²) in [5, 5.41) is 3.05. The molecule has 0 unspecified atom stereocenters. The molecule has 5 aromatic rings. The van der Waals surface area contributed by atoms with E-state index in [1.807, 2.05) is 83.8 Å². The van der Waals surface area contributed by atoms with Crippen molar-refractivity contribution in [3.05, 3.63) is 119 Å². The monoisotopic (exact) mass is 562 g/mol. The second-order valence-corrected chi connectivity index (χ2v) is 10.6. The second kappa shape index (κ2) is 11.4. The van der Waals surface area contributed by atoms with Crippen LogP contribution in [0, 0.1) is 13.8 Å². The summed E-state index contributed by atoms with van der Waals surface area (Å²) in [6, 6.07) is 21.4. The van der Waals surface area contributed by atoms with Crippen molar-refractivity contribution in [3.8, 4) is 11.4 Å². The van der Waals surface area contributed by atoms with Crippen LogP contribution in [0.4, 0.5) is 5.69 Å². The standard InChI is InChI=1S/C33H34N6O3/c1-23-9-10-24(2)39(23)29-13-11-25(19-31(29)42-3)33(41)38-21-27-12-14-30(37(27)20-26-7-4-5-8-28(26)38)32(40)35-15-6-17-36-18-16-34-22-36/h4-5,7-14,16,18-19,22H,6,15,17,20-21H2,1-3H3,(H,35,40). The largest absolute Gasteiger partial charge is 0.495 e. The molecule has 4 heterocycles. The minimum atomic E-state index is -0.131. The Morgan fingerprint density at radius 1 is 0.952 bits per heavy atom. The lowest BCUT2D eigenvalue weighted by molar-refractivity contribution is 0.0943. The van der Waals surface area contributed by atoms with Gasteiger partial charge in [-0.2, -0.15) is 0 Å². The van der Waals surface area contributed by atoms with E-state index in [1.54, 1.807) is 24.5 Å². The van der Waals surface area contributed by atoms with Crippen LogP contribution in [-0.4, -0.2) is 44.2 Å². The molecule has 0 radical (unpaired) electrons. The number of benzene rings is 2. The molecule has 3 aromatic heterocycles. The lowest BCUT2D eigenvalue weighted by Gasteiger charge is -2.23.